The van der Waals surface area contributed by atoms with Crippen LogP contribution in [-0.2, 0) is 16.1 Å². The van der Waals surface area contributed by atoms with E-state index in [2.05, 4.69) is 27.8 Å². The van der Waals surface area contributed by atoms with Gasteiger partial charge in [-0.1, -0.05) is 12.2 Å². The Bertz CT molecular complexity index is 921. The zero-order valence-corrected chi connectivity index (χ0v) is 16.1. The topological polar surface area (TPSA) is 97.6 Å². The largest absolute Gasteiger partial charge is 0.355 e. The fraction of sp³-hybridized carbons (Fsp3) is 0.429. The molecule has 8 heteroatoms. The molecule has 0 radical (unpaired) electrons. The molecule has 1 aliphatic heterocycles. The third-order valence-electron chi connectivity index (χ3n) is 6.03. The van der Waals surface area contributed by atoms with Gasteiger partial charge >= 0.3 is 0 Å². The fourth-order valence-electron chi connectivity index (χ4n) is 4.65. The van der Waals surface area contributed by atoms with Crippen LogP contribution in [0.3, 0.4) is 0 Å². The maximum Gasteiger partial charge on any atom is 0.233 e. The van der Waals surface area contributed by atoms with E-state index in [4.69, 9.17) is 5.26 Å². The Hall–Kier alpha value is -3.21. The number of carbonyl (C=O) groups is 2. The highest BCUT2D eigenvalue weighted by Gasteiger charge is 2.58. The molecule has 2 amide bonds. The lowest BCUT2D eigenvalue weighted by Crippen LogP contribution is -2.43. The first-order chi connectivity index (χ1) is 14.0. The third-order valence-corrected chi connectivity index (χ3v) is 6.03. The summed E-state index contributed by atoms with van der Waals surface area (Å²) in [7, 11) is 1.58. The predicted molar refractivity (Wildman–Crippen MR) is 104 cm³/mol. The number of carbonyl (C=O) groups excluding carboxylic acids is 2. The van der Waals surface area contributed by atoms with Gasteiger partial charge in [-0.2, -0.15) is 5.26 Å². The lowest BCUT2D eigenvalue weighted by Gasteiger charge is -2.18. The van der Waals surface area contributed by atoms with Gasteiger partial charge in [0.15, 0.2) is 5.96 Å². The van der Waals surface area contributed by atoms with Crippen molar-refractivity contribution in [2.45, 2.75) is 13.0 Å². The van der Waals surface area contributed by atoms with Crippen LogP contribution in [0, 0.1) is 40.8 Å². The average Bonchev–Trinajstić information content (AvgIpc) is 3.41. The summed E-state index contributed by atoms with van der Waals surface area (Å²) < 4.78 is 13.9. The minimum Gasteiger partial charge on any atom is -0.355 e. The third kappa shape index (κ3) is 3.37. The number of nitriles is 1. The van der Waals surface area contributed by atoms with Crippen molar-refractivity contribution in [3.05, 3.63) is 47.3 Å². The second-order valence-corrected chi connectivity index (χ2v) is 7.60. The number of aliphatic imine (C=N–C) groups is 1. The van der Waals surface area contributed by atoms with E-state index in [9.17, 15) is 14.0 Å². The van der Waals surface area contributed by atoms with E-state index in [1.165, 1.54) is 23.1 Å². The van der Waals surface area contributed by atoms with Gasteiger partial charge in [0.2, 0.25) is 11.8 Å². The highest BCUT2D eigenvalue weighted by atomic mass is 19.1. The zero-order chi connectivity index (χ0) is 20.5. The van der Waals surface area contributed by atoms with Crippen molar-refractivity contribution in [2.75, 3.05) is 20.1 Å². The van der Waals surface area contributed by atoms with Crippen LogP contribution in [0.5, 0.6) is 0 Å². The molecule has 2 aliphatic carbocycles. The molecular formula is C21H22FN5O2. The lowest BCUT2D eigenvalue weighted by molar-refractivity contribution is -0.140. The van der Waals surface area contributed by atoms with Gasteiger partial charge in [-0.25, -0.2) is 4.39 Å². The first kappa shape index (κ1) is 19.1. The second-order valence-electron chi connectivity index (χ2n) is 7.60. The van der Waals surface area contributed by atoms with Gasteiger partial charge in [-0.15, -0.1) is 0 Å². The van der Waals surface area contributed by atoms with E-state index in [0.717, 1.165) is 6.42 Å². The molecule has 1 aromatic carbocycles. The Morgan fingerprint density at radius 3 is 2.55 bits per heavy atom. The Balaban J connectivity index is 1.30. The molecule has 7 nitrogen and oxygen atoms in total. The predicted octanol–water partition coefficient (Wildman–Crippen LogP) is 1.17. The molecule has 0 spiro atoms. The van der Waals surface area contributed by atoms with Crippen LogP contribution in [0.4, 0.5) is 4.39 Å². The van der Waals surface area contributed by atoms with E-state index in [1.54, 1.807) is 7.05 Å². The summed E-state index contributed by atoms with van der Waals surface area (Å²) in [6, 6.07) is 6.15. The molecule has 4 rings (SSSR count). The number of rotatable bonds is 5. The van der Waals surface area contributed by atoms with Crippen molar-refractivity contribution in [3.8, 4) is 6.07 Å². The van der Waals surface area contributed by atoms with E-state index in [0.29, 0.717) is 23.6 Å². The van der Waals surface area contributed by atoms with Crippen molar-refractivity contribution >= 4 is 17.8 Å². The number of halogens is 1. The van der Waals surface area contributed by atoms with Crippen molar-refractivity contribution < 1.29 is 14.0 Å². The summed E-state index contributed by atoms with van der Waals surface area (Å²) in [5.74, 6) is -0.103. The number of amides is 2. The van der Waals surface area contributed by atoms with Gasteiger partial charge in [0.05, 0.1) is 23.5 Å². The quantitative estimate of drug-likeness (QED) is 0.338. The summed E-state index contributed by atoms with van der Waals surface area (Å²) in [5.41, 5.74) is 0.735. The normalized spacial score (nSPS) is 27.3. The number of allylic oxidation sites excluding steroid dienone is 2. The van der Waals surface area contributed by atoms with Gasteiger partial charge in [-0.05, 0) is 36.5 Å². The minimum atomic E-state index is -0.407. The fourth-order valence-corrected chi connectivity index (χ4v) is 4.65. The van der Waals surface area contributed by atoms with Crippen molar-refractivity contribution in [1.82, 2.24) is 15.5 Å². The van der Waals surface area contributed by atoms with E-state index in [1.807, 2.05) is 6.07 Å². The number of benzene rings is 1. The molecule has 4 unspecified atom stereocenters. The van der Waals surface area contributed by atoms with E-state index in [-0.39, 0.29) is 48.6 Å². The van der Waals surface area contributed by atoms with Crippen LogP contribution < -0.4 is 10.6 Å². The van der Waals surface area contributed by atoms with Gasteiger partial charge < -0.3 is 10.6 Å². The maximum atomic E-state index is 13.9. The van der Waals surface area contributed by atoms with Crippen molar-refractivity contribution in [1.29, 1.82) is 5.26 Å². The second kappa shape index (κ2) is 7.66. The number of guanidine groups is 1. The molecular weight excluding hydrogens is 373 g/mol. The molecule has 4 atom stereocenters. The zero-order valence-electron chi connectivity index (χ0n) is 16.1. The van der Waals surface area contributed by atoms with Crippen LogP contribution in [0.15, 0.2) is 35.3 Å². The van der Waals surface area contributed by atoms with Crippen molar-refractivity contribution in [3.63, 3.8) is 0 Å². The molecule has 3 aliphatic rings. The summed E-state index contributed by atoms with van der Waals surface area (Å²) in [6.07, 6.45) is 5.06. The number of nitrogens with zero attached hydrogens (tertiary/aromatic N) is 3. The molecule has 150 valence electrons. The molecule has 2 fully saturated rings. The number of likely N-dealkylation sites (tertiary alicyclic amines) is 1. The van der Waals surface area contributed by atoms with E-state index >= 15 is 0 Å². The number of hydrogen-bond acceptors (Lipinski definition) is 4. The number of imide groups is 1. The first-order valence-corrected chi connectivity index (χ1v) is 9.70. The summed E-state index contributed by atoms with van der Waals surface area (Å²) in [5, 5.41) is 15.0. The smallest absolute Gasteiger partial charge is 0.233 e. The molecule has 1 aromatic rings. The van der Waals surface area contributed by atoms with Crippen LogP contribution in [-0.4, -0.2) is 42.8 Å². The number of fused-ring (bicyclic) bond motifs is 5. The SMILES string of the molecule is CN=C(NCCN1C(=O)C2C3C=CC(C3)C2C1=O)NCc1cc(C#N)ccc1F. The van der Waals surface area contributed by atoms with E-state index < -0.39 is 5.82 Å². The standard InChI is InChI=1S/C21H22FN5O2/c1-24-21(26-11-15-8-12(10-23)2-5-16(15)22)25-6-7-27-19(28)17-13-3-4-14(9-13)18(17)20(27)29/h2-5,8,13-14,17-18H,6-7,9,11H2,1H3,(H2,24,25,26). The highest BCUT2D eigenvalue weighted by molar-refractivity contribution is 6.06. The Morgan fingerprint density at radius 2 is 1.93 bits per heavy atom. The first-order valence-electron chi connectivity index (χ1n) is 9.70. The lowest BCUT2D eigenvalue weighted by atomic mass is 9.85. The van der Waals surface area contributed by atoms with Gasteiger partial charge in [-0.3, -0.25) is 19.5 Å². The summed E-state index contributed by atoms with van der Waals surface area (Å²) in [4.78, 5) is 30.8. The van der Waals surface area contributed by atoms with Crippen LogP contribution in [0.25, 0.3) is 0 Å². The molecule has 0 aromatic heterocycles. The number of nitrogens with one attached hydrogen (secondary N) is 2. The summed E-state index contributed by atoms with van der Waals surface area (Å²) >= 11 is 0. The summed E-state index contributed by atoms with van der Waals surface area (Å²) in [6.45, 7) is 0.769. The Labute approximate surface area is 168 Å². The molecule has 1 saturated carbocycles. The molecule has 1 heterocycles. The van der Waals surface area contributed by atoms with Crippen LogP contribution >= 0.6 is 0 Å². The molecule has 2 bridgehead atoms. The minimum absolute atomic E-state index is 0.0722. The van der Waals surface area contributed by atoms with Gasteiger partial charge in [0.25, 0.3) is 0 Å². The maximum absolute atomic E-state index is 13.9. The monoisotopic (exact) mass is 395 g/mol. The van der Waals surface area contributed by atoms with Crippen LogP contribution in [0.2, 0.25) is 0 Å². The highest BCUT2D eigenvalue weighted by Crippen LogP contribution is 2.52. The van der Waals surface area contributed by atoms with Crippen LogP contribution in [0.1, 0.15) is 17.5 Å². The Morgan fingerprint density at radius 1 is 1.24 bits per heavy atom. The molecule has 2 N–H and O–H groups in total. The number of hydrogen-bond donors (Lipinski definition) is 2. The van der Waals surface area contributed by atoms with Gasteiger partial charge in [0.1, 0.15) is 5.82 Å². The Kier molecular flexibility index (Phi) is 5.05. The molecule has 1 saturated heterocycles. The average molecular weight is 395 g/mol. The molecule has 29 heavy (non-hydrogen) atoms. The van der Waals surface area contributed by atoms with Crippen molar-refractivity contribution in [2.24, 2.45) is 28.7 Å². The van der Waals surface area contributed by atoms with Gasteiger partial charge in [0, 0.05) is 32.2 Å².